The number of aryl methyl sites for hydroxylation is 1. The Morgan fingerprint density at radius 3 is 2.94 bits per heavy atom. The fourth-order valence-electron chi connectivity index (χ4n) is 1.77. The number of benzene rings is 1. The molecule has 0 spiro atoms. The molecule has 0 aliphatic rings. The van der Waals surface area contributed by atoms with E-state index in [4.69, 9.17) is 14.1 Å². The molecule has 0 saturated heterocycles. The van der Waals surface area contributed by atoms with Crippen molar-refractivity contribution in [2.45, 2.75) is 13.5 Å². The third-order valence-corrected chi connectivity index (χ3v) is 2.39. The molecule has 0 atom stereocenters. The van der Waals surface area contributed by atoms with Gasteiger partial charge in [0.2, 0.25) is 0 Å². The van der Waals surface area contributed by atoms with Crippen LogP contribution < -0.4 is 0 Å². The van der Waals surface area contributed by atoms with Crippen molar-refractivity contribution in [1.82, 2.24) is 4.98 Å². The molecule has 3 aromatic rings. The monoisotopic (exact) mass is 219 g/mol. The number of hydrogen-bond donors (Lipinski definition) is 1. The van der Waals surface area contributed by atoms with E-state index < -0.39 is 0 Å². The lowest BCUT2D eigenvalue weighted by Crippen LogP contribution is -1.82. The van der Waals surface area contributed by atoms with Gasteiger partial charge in [0.05, 0.1) is 0 Å². The summed E-state index contributed by atoms with van der Waals surface area (Å²) in [6.07, 6.45) is 0. The number of fused-ring (bicyclic) bond motifs is 2. The maximum Gasteiger partial charge on any atom is 0.192 e. The molecule has 3 rings (SSSR count). The molecule has 0 bridgehead atoms. The van der Waals surface area contributed by atoms with Crippen LogP contribution in [-0.4, -0.2) is 10.2 Å². The van der Waals surface area contributed by atoms with Crippen LogP contribution in [0.1, 0.15) is 11.7 Å². The van der Waals surface area contributed by atoms with Crippen LogP contribution >= 0.6 is 0 Å². The van der Waals surface area contributed by atoms with Crippen LogP contribution in [0.5, 0.6) is 0 Å². The lowest BCUT2D eigenvalue weighted by molar-refractivity contribution is -0.255. The van der Waals surface area contributed by atoms with Gasteiger partial charge in [-0.2, -0.15) is 0 Å². The SMILES string of the molecule is Cc1nc2cc3cc(COO)oc3cc2o1. The first-order valence-corrected chi connectivity index (χ1v) is 4.82. The van der Waals surface area contributed by atoms with Crippen LogP contribution in [0.25, 0.3) is 22.1 Å². The molecule has 0 amide bonds. The fourth-order valence-corrected chi connectivity index (χ4v) is 1.77. The molecule has 82 valence electrons. The second-order valence-electron chi connectivity index (χ2n) is 3.58. The molecular formula is C11H9NO4. The average molecular weight is 219 g/mol. The summed E-state index contributed by atoms with van der Waals surface area (Å²) in [6.45, 7) is 1.83. The molecule has 0 saturated carbocycles. The van der Waals surface area contributed by atoms with E-state index in [-0.39, 0.29) is 6.61 Å². The van der Waals surface area contributed by atoms with Gasteiger partial charge in [0.25, 0.3) is 0 Å². The van der Waals surface area contributed by atoms with Gasteiger partial charge < -0.3 is 8.83 Å². The predicted molar refractivity (Wildman–Crippen MR) is 55.9 cm³/mol. The molecule has 1 N–H and O–H groups in total. The van der Waals surface area contributed by atoms with Crippen molar-refractivity contribution in [3.8, 4) is 0 Å². The smallest absolute Gasteiger partial charge is 0.192 e. The van der Waals surface area contributed by atoms with E-state index in [1.165, 1.54) is 0 Å². The quantitative estimate of drug-likeness (QED) is 0.530. The van der Waals surface area contributed by atoms with Crippen molar-refractivity contribution in [2.75, 3.05) is 0 Å². The molecule has 16 heavy (non-hydrogen) atoms. The van der Waals surface area contributed by atoms with E-state index >= 15 is 0 Å². The Labute approximate surface area is 90.2 Å². The first-order chi connectivity index (χ1) is 7.76. The summed E-state index contributed by atoms with van der Waals surface area (Å²) >= 11 is 0. The predicted octanol–water partition coefficient (Wildman–Crippen LogP) is 2.87. The van der Waals surface area contributed by atoms with Gasteiger partial charge >= 0.3 is 0 Å². The number of furan rings is 1. The summed E-state index contributed by atoms with van der Waals surface area (Å²) in [6, 6.07) is 5.46. The molecule has 0 unspecified atom stereocenters. The largest absolute Gasteiger partial charge is 0.458 e. The maximum absolute atomic E-state index is 8.34. The molecule has 0 aliphatic carbocycles. The van der Waals surface area contributed by atoms with Crippen molar-refractivity contribution in [2.24, 2.45) is 0 Å². The summed E-state index contributed by atoms with van der Waals surface area (Å²) in [7, 11) is 0. The van der Waals surface area contributed by atoms with Crippen LogP contribution in [-0.2, 0) is 11.5 Å². The number of nitrogens with zero attached hydrogens (tertiary/aromatic N) is 1. The molecule has 5 nitrogen and oxygen atoms in total. The highest BCUT2D eigenvalue weighted by Gasteiger charge is 2.09. The number of rotatable bonds is 2. The molecule has 5 heteroatoms. The highest BCUT2D eigenvalue weighted by molar-refractivity contribution is 5.91. The highest BCUT2D eigenvalue weighted by atomic mass is 17.1. The topological polar surface area (TPSA) is 68.6 Å². The normalized spacial score (nSPS) is 11.6. The zero-order valence-corrected chi connectivity index (χ0v) is 8.56. The Morgan fingerprint density at radius 2 is 2.12 bits per heavy atom. The first-order valence-electron chi connectivity index (χ1n) is 4.82. The van der Waals surface area contributed by atoms with Gasteiger partial charge in [-0.3, -0.25) is 5.26 Å². The number of aromatic nitrogens is 1. The Morgan fingerprint density at radius 1 is 1.25 bits per heavy atom. The molecular weight excluding hydrogens is 210 g/mol. The first kappa shape index (κ1) is 9.38. The van der Waals surface area contributed by atoms with Gasteiger partial charge in [-0.05, 0) is 12.1 Å². The van der Waals surface area contributed by atoms with E-state index in [1.54, 1.807) is 19.1 Å². The standard InChI is InChI=1S/C11H9NO4/c1-6-12-9-3-7-2-8(5-14-13)16-10(7)4-11(9)15-6/h2-4,13H,5H2,1H3. The lowest BCUT2D eigenvalue weighted by atomic mass is 10.2. The van der Waals surface area contributed by atoms with E-state index in [2.05, 4.69) is 9.87 Å². The highest BCUT2D eigenvalue weighted by Crippen LogP contribution is 2.26. The van der Waals surface area contributed by atoms with Crippen LogP contribution in [0.2, 0.25) is 0 Å². The lowest BCUT2D eigenvalue weighted by Gasteiger charge is -1.88. The van der Waals surface area contributed by atoms with Crippen LogP contribution in [0.4, 0.5) is 0 Å². The minimum absolute atomic E-state index is 0.0303. The Hall–Kier alpha value is -1.85. The van der Waals surface area contributed by atoms with E-state index in [9.17, 15) is 0 Å². The van der Waals surface area contributed by atoms with Gasteiger partial charge in [0.15, 0.2) is 11.5 Å². The van der Waals surface area contributed by atoms with Gasteiger partial charge in [-0.1, -0.05) is 0 Å². The Balaban J connectivity index is 2.23. The van der Waals surface area contributed by atoms with Crippen LogP contribution in [0, 0.1) is 6.92 Å². The summed E-state index contributed by atoms with van der Waals surface area (Å²) < 4.78 is 10.8. The molecule has 0 radical (unpaired) electrons. The second kappa shape index (κ2) is 3.33. The molecule has 1 aromatic carbocycles. The summed E-state index contributed by atoms with van der Waals surface area (Å²) in [5.74, 6) is 1.18. The van der Waals surface area contributed by atoms with Crippen LogP contribution in [0.3, 0.4) is 0 Å². The van der Waals surface area contributed by atoms with E-state index in [0.717, 1.165) is 10.9 Å². The maximum atomic E-state index is 8.34. The summed E-state index contributed by atoms with van der Waals surface area (Å²) in [5, 5.41) is 9.25. The van der Waals surface area contributed by atoms with Crippen molar-refractivity contribution in [3.05, 3.63) is 29.9 Å². The average Bonchev–Trinajstić information content (AvgIpc) is 2.75. The summed E-state index contributed by atoms with van der Waals surface area (Å²) in [4.78, 5) is 8.25. The Kier molecular flexibility index (Phi) is 1.95. The molecule has 0 aliphatic heterocycles. The van der Waals surface area contributed by atoms with Crippen LogP contribution in [0.15, 0.2) is 27.0 Å². The zero-order valence-electron chi connectivity index (χ0n) is 8.56. The van der Waals surface area contributed by atoms with Crippen molar-refractivity contribution >= 4 is 22.1 Å². The number of oxazole rings is 1. The van der Waals surface area contributed by atoms with Gasteiger partial charge in [0.1, 0.15) is 23.5 Å². The van der Waals surface area contributed by atoms with Gasteiger partial charge in [0, 0.05) is 18.4 Å². The minimum Gasteiger partial charge on any atom is -0.458 e. The summed E-state index contributed by atoms with van der Waals surface area (Å²) in [5.41, 5.74) is 2.17. The number of hydrogen-bond acceptors (Lipinski definition) is 5. The minimum atomic E-state index is 0.0303. The third-order valence-electron chi connectivity index (χ3n) is 2.39. The van der Waals surface area contributed by atoms with Gasteiger partial charge in [-0.15, -0.1) is 0 Å². The third kappa shape index (κ3) is 1.37. The van der Waals surface area contributed by atoms with Crippen molar-refractivity contribution in [3.63, 3.8) is 0 Å². The Bertz CT molecular complexity index is 601. The molecule has 2 aromatic heterocycles. The van der Waals surface area contributed by atoms with E-state index in [1.807, 2.05) is 6.07 Å². The van der Waals surface area contributed by atoms with Crippen molar-refractivity contribution in [1.29, 1.82) is 0 Å². The molecule has 0 fully saturated rings. The zero-order chi connectivity index (χ0) is 11.1. The van der Waals surface area contributed by atoms with E-state index in [0.29, 0.717) is 22.8 Å². The molecule has 2 heterocycles. The van der Waals surface area contributed by atoms with Crippen molar-refractivity contribution < 1.29 is 19.0 Å². The fraction of sp³-hybridized carbons (Fsp3) is 0.182. The second-order valence-corrected chi connectivity index (χ2v) is 3.58. The van der Waals surface area contributed by atoms with Gasteiger partial charge in [-0.25, -0.2) is 9.87 Å².